The number of hydrogen-bond acceptors (Lipinski definition) is 3. The van der Waals surface area contributed by atoms with Gasteiger partial charge in [0, 0.05) is 27.8 Å². The van der Waals surface area contributed by atoms with Crippen molar-refractivity contribution < 1.29 is 14.3 Å². The van der Waals surface area contributed by atoms with Crippen molar-refractivity contribution in [1.82, 2.24) is 4.57 Å². The van der Waals surface area contributed by atoms with Crippen LogP contribution < -0.4 is 0 Å². The highest BCUT2D eigenvalue weighted by Gasteiger charge is 2.30. The second kappa shape index (κ2) is 9.00. The molecular weight excluding hydrogens is 362 g/mol. The van der Waals surface area contributed by atoms with Crippen molar-refractivity contribution in [2.45, 2.75) is 59.6 Å². The number of hydrogen-bond donors (Lipinski definition) is 0. The topological polar surface area (TPSA) is 43.8 Å². The molecule has 0 spiro atoms. The molecule has 0 aliphatic carbocycles. The molecule has 1 aromatic heterocycles. The van der Waals surface area contributed by atoms with Gasteiger partial charge in [-0.3, -0.25) is 4.79 Å². The SMILES string of the molecule is CCC(C)(C)C(=O)OCC1CO1.CCC(C)n1c2ccccc2c2ccccc21. The Kier molecular flexibility index (Phi) is 6.63. The van der Waals surface area contributed by atoms with Gasteiger partial charge in [0.1, 0.15) is 12.7 Å². The Hall–Kier alpha value is -2.33. The Bertz CT molecular complexity index is 915. The van der Waals surface area contributed by atoms with Crippen LogP contribution in [0.3, 0.4) is 0 Å². The van der Waals surface area contributed by atoms with Crippen molar-refractivity contribution in [3.05, 3.63) is 48.5 Å². The molecule has 0 bridgehead atoms. The molecule has 156 valence electrons. The molecule has 2 atom stereocenters. The maximum Gasteiger partial charge on any atom is 0.311 e. The fraction of sp³-hybridized carbons (Fsp3) is 0.480. The highest BCUT2D eigenvalue weighted by molar-refractivity contribution is 6.08. The van der Waals surface area contributed by atoms with Crippen LogP contribution in [0.5, 0.6) is 0 Å². The molecule has 1 fully saturated rings. The van der Waals surface area contributed by atoms with Gasteiger partial charge in [0.15, 0.2) is 0 Å². The Morgan fingerprint density at radius 1 is 1.10 bits per heavy atom. The van der Waals surface area contributed by atoms with E-state index in [1.165, 1.54) is 21.8 Å². The van der Waals surface area contributed by atoms with E-state index in [1.54, 1.807) is 0 Å². The summed E-state index contributed by atoms with van der Waals surface area (Å²) >= 11 is 0. The van der Waals surface area contributed by atoms with Gasteiger partial charge in [0.05, 0.1) is 12.0 Å². The van der Waals surface area contributed by atoms with Crippen LogP contribution in [0, 0.1) is 5.41 Å². The zero-order valence-corrected chi connectivity index (χ0v) is 18.3. The summed E-state index contributed by atoms with van der Waals surface area (Å²) in [4.78, 5) is 11.4. The summed E-state index contributed by atoms with van der Waals surface area (Å²) in [7, 11) is 0. The van der Waals surface area contributed by atoms with Gasteiger partial charge in [-0.05, 0) is 45.7 Å². The first-order valence-corrected chi connectivity index (χ1v) is 10.7. The Balaban J connectivity index is 0.000000177. The van der Waals surface area contributed by atoms with Crippen LogP contribution in [0.2, 0.25) is 0 Å². The molecule has 4 heteroatoms. The smallest absolute Gasteiger partial charge is 0.311 e. The van der Waals surface area contributed by atoms with E-state index in [1.807, 2.05) is 20.8 Å². The lowest BCUT2D eigenvalue weighted by Crippen LogP contribution is -2.27. The van der Waals surface area contributed by atoms with Crippen LogP contribution in [0.1, 0.15) is 53.5 Å². The molecule has 1 saturated heterocycles. The molecule has 29 heavy (non-hydrogen) atoms. The Morgan fingerprint density at radius 3 is 2.07 bits per heavy atom. The van der Waals surface area contributed by atoms with E-state index < -0.39 is 0 Å². The minimum Gasteiger partial charge on any atom is -0.462 e. The van der Waals surface area contributed by atoms with E-state index in [2.05, 4.69) is 66.9 Å². The number of aromatic nitrogens is 1. The van der Waals surface area contributed by atoms with Gasteiger partial charge in [0.2, 0.25) is 0 Å². The summed E-state index contributed by atoms with van der Waals surface area (Å²) in [5.41, 5.74) is 2.35. The van der Waals surface area contributed by atoms with Crippen LogP contribution in [0.15, 0.2) is 48.5 Å². The van der Waals surface area contributed by atoms with Crippen LogP contribution in [0.25, 0.3) is 21.8 Å². The van der Waals surface area contributed by atoms with Gasteiger partial charge >= 0.3 is 5.97 Å². The predicted molar refractivity (Wildman–Crippen MR) is 119 cm³/mol. The Labute approximate surface area is 173 Å². The first-order valence-electron chi connectivity index (χ1n) is 10.7. The van der Waals surface area contributed by atoms with Crippen molar-refractivity contribution in [3.8, 4) is 0 Å². The molecule has 0 saturated carbocycles. The number of esters is 1. The maximum absolute atomic E-state index is 11.4. The number of nitrogens with zero attached hydrogens (tertiary/aromatic N) is 1. The van der Waals surface area contributed by atoms with Gasteiger partial charge in [-0.2, -0.15) is 0 Å². The molecule has 1 aliphatic rings. The second-order valence-electron chi connectivity index (χ2n) is 8.45. The fourth-order valence-electron chi connectivity index (χ4n) is 3.28. The zero-order valence-electron chi connectivity index (χ0n) is 18.3. The third-order valence-electron chi connectivity index (χ3n) is 5.89. The number of rotatable bonds is 6. The van der Waals surface area contributed by atoms with E-state index in [9.17, 15) is 4.79 Å². The van der Waals surface area contributed by atoms with Crippen LogP contribution in [-0.4, -0.2) is 29.9 Å². The third-order valence-corrected chi connectivity index (χ3v) is 5.89. The molecule has 4 rings (SSSR count). The molecule has 2 heterocycles. The average Bonchev–Trinajstić information content (AvgIpc) is 3.52. The number of benzene rings is 2. The molecular formula is C25H33NO3. The first kappa shape index (κ1) is 21.4. The van der Waals surface area contributed by atoms with Crippen molar-refractivity contribution in [3.63, 3.8) is 0 Å². The predicted octanol–water partition coefficient (Wildman–Crippen LogP) is 6.13. The van der Waals surface area contributed by atoms with Crippen molar-refractivity contribution >= 4 is 27.8 Å². The molecule has 0 N–H and O–H groups in total. The van der Waals surface area contributed by atoms with E-state index in [-0.39, 0.29) is 17.5 Å². The fourth-order valence-corrected chi connectivity index (χ4v) is 3.28. The van der Waals surface area contributed by atoms with Gasteiger partial charge in [-0.25, -0.2) is 0 Å². The van der Waals surface area contributed by atoms with Crippen molar-refractivity contribution in [1.29, 1.82) is 0 Å². The van der Waals surface area contributed by atoms with Gasteiger partial charge in [-0.1, -0.05) is 50.2 Å². The Morgan fingerprint density at radius 2 is 1.62 bits per heavy atom. The quantitative estimate of drug-likeness (QED) is 0.372. The molecule has 4 nitrogen and oxygen atoms in total. The molecule has 2 aromatic carbocycles. The molecule has 2 unspecified atom stereocenters. The van der Waals surface area contributed by atoms with Gasteiger partial charge < -0.3 is 14.0 Å². The summed E-state index contributed by atoms with van der Waals surface area (Å²) in [6.07, 6.45) is 2.13. The summed E-state index contributed by atoms with van der Waals surface area (Å²) < 4.78 is 12.4. The number of carbonyl (C=O) groups is 1. The lowest BCUT2D eigenvalue weighted by Gasteiger charge is -2.19. The van der Waals surface area contributed by atoms with Gasteiger partial charge in [-0.15, -0.1) is 0 Å². The number of epoxide rings is 1. The number of ether oxygens (including phenoxy) is 2. The largest absolute Gasteiger partial charge is 0.462 e. The van der Waals surface area contributed by atoms with E-state index in [0.29, 0.717) is 12.6 Å². The van der Waals surface area contributed by atoms with Crippen LogP contribution in [0.4, 0.5) is 0 Å². The molecule has 1 aliphatic heterocycles. The van der Waals surface area contributed by atoms with Crippen LogP contribution in [-0.2, 0) is 14.3 Å². The average molecular weight is 396 g/mol. The lowest BCUT2D eigenvalue weighted by molar-refractivity contribution is -0.154. The zero-order chi connectivity index (χ0) is 21.0. The highest BCUT2D eigenvalue weighted by atomic mass is 16.6. The lowest BCUT2D eigenvalue weighted by atomic mass is 9.91. The third kappa shape index (κ3) is 4.81. The van der Waals surface area contributed by atoms with E-state index in [0.717, 1.165) is 19.4 Å². The van der Waals surface area contributed by atoms with Crippen LogP contribution >= 0.6 is 0 Å². The minimum atomic E-state index is -0.352. The summed E-state index contributed by atoms with van der Waals surface area (Å²) in [5, 5.41) is 2.73. The maximum atomic E-state index is 11.4. The summed E-state index contributed by atoms with van der Waals surface area (Å²) in [6, 6.07) is 17.9. The summed E-state index contributed by atoms with van der Waals surface area (Å²) in [5.74, 6) is -0.125. The number of fused-ring (bicyclic) bond motifs is 3. The van der Waals surface area contributed by atoms with E-state index >= 15 is 0 Å². The van der Waals surface area contributed by atoms with Crippen molar-refractivity contribution in [2.75, 3.05) is 13.2 Å². The summed E-state index contributed by atoms with van der Waals surface area (Å²) in [6.45, 7) is 11.5. The van der Waals surface area contributed by atoms with Gasteiger partial charge in [0.25, 0.3) is 0 Å². The molecule has 0 radical (unpaired) electrons. The molecule has 0 amide bonds. The van der Waals surface area contributed by atoms with E-state index in [4.69, 9.17) is 9.47 Å². The second-order valence-corrected chi connectivity index (χ2v) is 8.45. The highest BCUT2D eigenvalue weighted by Crippen LogP contribution is 2.32. The monoisotopic (exact) mass is 395 g/mol. The first-order chi connectivity index (χ1) is 13.9. The molecule has 3 aromatic rings. The van der Waals surface area contributed by atoms with Crippen molar-refractivity contribution in [2.24, 2.45) is 5.41 Å². The standard InChI is InChI=1S/C16H17N.C9H16O3/c1-3-12(2)17-15-10-6-4-8-13(15)14-9-5-7-11-16(14)17;1-4-9(2,3)8(10)12-6-7-5-11-7/h4-12H,3H2,1-2H3;7H,4-6H2,1-3H3. The number of carbonyl (C=O) groups excluding carboxylic acids is 1. The minimum absolute atomic E-state index is 0.125. The number of para-hydroxylation sites is 2. The normalized spacial score (nSPS) is 16.9.